The molecule has 0 amide bonds. The van der Waals surface area contributed by atoms with E-state index in [2.05, 4.69) is 69.9 Å². The molecule has 3 heterocycles. The maximum atomic E-state index is 4.51. The van der Waals surface area contributed by atoms with E-state index >= 15 is 0 Å². The predicted molar refractivity (Wildman–Crippen MR) is 93.0 cm³/mol. The fourth-order valence-corrected chi connectivity index (χ4v) is 2.92. The highest BCUT2D eigenvalue weighted by atomic mass is 15.4. The number of aromatic nitrogens is 6. The minimum absolute atomic E-state index is 0.465. The van der Waals surface area contributed by atoms with Gasteiger partial charge in [0, 0.05) is 42.1 Å². The SMILES string of the molecule is CC(C)c1cn(C)c2ccc(-c3ncn(-c4ncccn4)n3)cc12. The summed E-state index contributed by atoms with van der Waals surface area (Å²) in [6.45, 7) is 4.42. The van der Waals surface area contributed by atoms with Crippen molar-refractivity contribution in [1.82, 2.24) is 29.3 Å². The fraction of sp³-hybridized carbons (Fsp3) is 0.222. The van der Waals surface area contributed by atoms with Crippen LogP contribution in [0.1, 0.15) is 25.3 Å². The van der Waals surface area contributed by atoms with Gasteiger partial charge in [0.25, 0.3) is 5.95 Å². The maximum absolute atomic E-state index is 4.51. The summed E-state index contributed by atoms with van der Waals surface area (Å²) < 4.78 is 3.76. The van der Waals surface area contributed by atoms with E-state index in [0.717, 1.165) is 5.56 Å². The van der Waals surface area contributed by atoms with E-state index in [1.807, 2.05) is 0 Å². The summed E-state index contributed by atoms with van der Waals surface area (Å²) in [5.41, 5.74) is 3.54. The Hall–Kier alpha value is -3.02. The molecule has 0 saturated heterocycles. The standard InChI is InChI=1S/C18H18N6/c1-12(2)15-10-23(3)16-6-5-13(9-14(15)16)17-21-11-24(22-17)18-19-7-4-8-20-18/h4-12H,1-3H3. The molecule has 0 fully saturated rings. The van der Waals surface area contributed by atoms with Crippen molar-refractivity contribution in [3.63, 3.8) is 0 Å². The van der Waals surface area contributed by atoms with E-state index in [1.54, 1.807) is 29.5 Å². The zero-order chi connectivity index (χ0) is 16.7. The normalized spacial score (nSPS) is 11.5. The Balaban J connectivity index is 1.80. The average Bonchev–Trinajstić information content (AvgIpc) is 3.21. The van der Waals surface area contributed by atoms with Gasteiger partial charge in [-0.15, -0.1) is 5.10 Å². The van der Waals surface area contributed by atoms with Gasteiger partial charge in [-0.1, -0.05) is 13.8 Å². The number of benzene rings is 1. The second-order valence-corrected chi connectivity index (χ2v) is 6.14. The number of aryl methyl sites for hydroxylation is 1. The molecule has 0 spiro atoms. The van der Waals surface area contributed by atoms with Crippen LogP contribution in [0, 0.1) is 0 Å². The second kappa shape index (κ2) is 5.56. The summed E-state index contributed by atoms with van der Waals surface area (Å²) in [6.07, 6.45) is 7.22. The van der Waals surface area contributed by atoms with E-state index in [9.17, 15) is 0 Å². The van der Waals surface area contributed by atoms with Crippen LogP contribution in [-0.2, 0) is 7.05 Å². The predicted octanol–water partition coefficient (Wildman–Crippen LogP) is 3.34. The van der Waals surface area contributed by atoms with E-state index in [4.69, 9.17) is 0 Å². The summed E-state index contributed by atoms with van der Waals surface area (Å²) in [7, 11) is 2.08. The molecule has 0 unspecified atom stereocenters. The van der Waals surface area contributed by atoms with Gasteiger partial charge >= 0.3 is 0 Å². The van der Waals surface area contributed by atoms with Gasteiger partial charge in [0.15, 0.2) is 5.82 Å². The molecule has 6 nitrogen and oxygen atoms in total. The molecule has 0 aliphatic rings. The molecule has 0 N–H and O–H groups in total. The van der Waals surface area contributed by atoms with Crippen LogP contribution in [0.5, 0.6) is 0 Å². The third-order valence-electron chi connectivity index (χ3n) is 4.15. The maximum Gasteiger partial charge on any atom is 0.251 e. The van der Waals surface area contributed by atoms with E-state index < -0.39 is 0 Å². The quantitative estimate of drug-likeness (QED) is 0.581. The topological polar surface area (TPSA) is 61.4 Å². The Morgan fingerprint density at radius 3 is 2.58 bits per heavy atom. The van der Waals surface area contributed by atoms with Gasteiger partial charge in [-0.3, -0.25) is 0 Å². The van der Waals surface area contributed by atoms with Crippen molar-refractivity contribution in [1.29, 1.82) is 0 Å². The van der Waals surface area contributed by atoms with Crippen molar-refractivity contribution in [3.8, 4) is 17.3 Å². The zero-order valence-corrected chi connectivity index (χ0v) is 13.9. The number of fused-ring (bicyclic) bond motifs is 1. The van der Waals surface area contributed by atoms with Crippen LogP contribution < -0.4 is 0 Å². The highest BCUT2D eigenvalue weighted by Gasteiger charge is 2.13. The summed E-state index contributed by atoms with van der Waals surface area (Å²) in [5, 5.41) is 5.76. The smallest absolute Gasteiger partial charge is 0.251 e. The molecule has 0 saturated carbocycles. The average molecular weight is 318 g/mol. The lowest BCUT2D eigenvalue weighted by molar-refractivity contribution is 0.808. The lowest BCUT2D eigenvalue weighted by atomic mass is 10.0. The molecule has 4 rings (SSSR count). The summed E-state index contributed by atoms with van der Waals surface area (Å²) in [6, 6.07) is 8.11. The van der Waals surface area contributed by atoms with Crippen molar-refractivity contribution in [2.75, 3.05) is 0 Å². The molecule has 0 atom stereocenters. The van der Waals surface area contributed by atoms with Gasteiger partial charge in [-0.05, 0) is 35.7 Å². The summed E-state index contributed by atoms with van der Waals surface area (Å²) in [5.74, 6) is 1.65. The number of hydrogen-bond acceptors (Lipinski definition) is 4. The first-order valence-electron chi connectivity index (χ1n) is 7.92. The molecule has 4 aromatic rings. The van der Waals surface area contributed by atoms with Crippen LogP contribution in [0.3, 0.4) is 0 Å². The number of hydrogen-bond donors (Lipinski definition) is 0. The molecule has 0 aliphatic heterocycles. The minimum Gasteiger partial charge on any atom is -0.350 e. The van der Waals surface area contributed by atoms with Crippen molar-refractivity contribution in [2.45, 2.75) is 19.8 Å². The van der Waals surface area contributed by atoms with Crippen LogP contribution in [0.15, 0.2) is 49.2 Å². The van der Waals surface area contributed by atoms with Crippen molar-refractivity contribution < 1.29 is 0 Å². The zero-order valence-electron chi connectivity index (χ0n) is 13.9. The van der Waals surface area contributed by atoms with E-state index in [0.29, 0.717) is 17.7 Å². The summed E-state index contributed by atoms with van der Waals surface area (Å²) in [4.78, 5) is 12.8. The fourth-order valence-electron chi connectivity index (χ4n) is 2.92. The number of nitrogens with zero attached hydrogens (tertiary/aromatic N) is 6. The molecule has 24 heavy (non-hydrogen) atoms. The van der Waals surface area contributed by atoms with Gasteiger partial charge in [0.2, 0.25) is 0 Å². The van der Waals surface area contributed by atoms with Gasteiger partial charge in [-0.2, -0.15) is 4.68 Å². The second-order valence-electron chi connectivity index (χ2n) is 6.14. The molecular weight excluding hydrogens is 300 g/mol. The molecule has 1 aromatic carbocycles. The molecule has 0 aliphatic carbocycles. The number of rotatable bonds is 3. The third kappa shape index (κ3) is 2.36. The largest absolute Gasteiger partial charge is 0.350 e. The van der Waals surface area contributed by atoms with Crippen LogP contribution in [0.25, 0.3) is 28.2 Å². The molecule has 120 valence electrons. The van der Waals surface area contributed by atoms with Crippen molar-refractivity contribution in [3.05, 3.63) is 54.7 Å². The van der Waals surface area contributed by atoms with Gasteiger partial charge in [0.1, 0.15) is 6.33 Å². The van der Waals surface area contributed by atoms with Crippen LogP contribution in [0.4, 0.5) is 0 Å². The lowest BCUT2D eigenvalue weighted by Crippen LogP contribution is -2.00. The van der Waals surface area contributed by atoms with Gasteiger partial charge in [-0.25, -0.2) is 15.0 Å². The molecular formula is C18H18N6. The van der Waals surface area contributed by atoms with E-state index in [1.165, 1.54) is 16.5 Å². The summed E-state index contributed by atoms with van der Waals surface area (Å²) >= 11 is 0. The Kier molecular flexibility index (Phi) is 3.37. The molecule has 0 bridgehead atoms. The Labute approximate surface area is 139 Å². The minimum atomic E-state index is 0.465. The Morgan fingerprint density at radius 2 is 1.83 bits per heavy atom. The Bertz CT molecular complexity index is 997. The van der Waals surface area contributed by atoms with Crippen LogP contribution >= 0.6 is 0 Å². The molecule has 3 aromatic heterocycles. The first-order chi connectivity index (χ1) is 11.6. The molecule has 6 heteroatoms. The van der Waals surface area contributed by atoms with Crippen LogP contribution in [-0.4, -0.2) is 29.3 Å². The third-order valence-corrected chi connectivity index (χ3v) is 4.15. The Morgan fingerprint density at radius 1 is 1.04 bits per heavy atom. The van der Waals surface area contributed by atoms with Crippen molar-refractivity contribution >= 4 is 10.9 Å². The highest BCUT2D eigenvalue weighted by molar-refractivity contribution is 5.88. The first-order valence-corrected chi connectivity index (χ1v) is 7.92. The monoisotopic (exact) mass is 318 g/mol. The van der Waals surface area contributed by atoms with E-state index in [-0.39, 0.29) is 0 Å². The first kappa shape index (κ1) is 14.6. The lowest BCUT2D eigenvalue weighted by Gasteiger charge is -2.03. The highest BCUT2D eigenvalue weighted by Crippen LogP contribution is 2.30. The van der Waals surface area contributed by atoms with Gasteiger partial charge in [0.05, 0.1) is 0 Å². The van der Waals surface area contributed by atoms with Gasteiger partial charge < -0.3 is 4.57 Å². The molecule has 0 radical (unpaired) electrons. The van der Waals surface area contributed by atoms with Crippen molar-refractivity contribution in [2.24, 2.45) is 7.05 Å². The van der Waals surface area contributed by atoms with Crippen LogP contribution in [0.2, 0.25) is 0 Å².